The van der Waals surface area contributed by atoms with Gasteiger partial charge in [-0.25, -0.2) is 0 Å². The first-order valence-corrected chi connectivity index (χ1v) is 17.8. The minimum absolute atomic E-state index is 0. The van der Waals surface area contributed by atoms with Gasteiger partial charge in [-0.2, -0.15) is 0 Å². The molecule has 4 aromatic heterocycles. The summed E-state index contributed by atoms with van der Waals surface area (Å²) >= 11 is 0. The summed E-state index contributed by atoms with van der Waals surface area (Å²) in [6.07, 6.45) is 3.83. The molecule has 1 N–H and O–H groups in total. The van der Waals surface area contributed by atoms with E-state index >= 15 is 0 Å². The van der Waals surface area contributed by atoms with E-state index in [-0.39, 0.29) is 20.1 Å². The van der Waals surface area contributed by atoms with Gasteiger partial charge in [-0.15, -0.1) is 53.6 Å². The van der Waals surface area contributed by atoms with Crippen molar-refractivity contribution in [3.05, 3.63) is 109 Å². The topological polar surface area (TPSA) is 67.6 Å². The van der Waals surface area contributed by atoms with E-state index in [1.807, 2.05) is 67.0 Å². The van der Waals surface area contributed by atoms with Crippen LogP contribution in [0.1, 0.15) is 31.0 Å². The van der Waals surface area contributed by atoms with Crippen molar-refractivity contribution >= 4 is 46.2 Å². The van der Waals surface area contributed by atoms with Crippen LogP contribution in [-0.4, -0.2) is 28.0 Å². The maximum atomic E-state index is 6.19. The Kier molecular flexibility index (Phi) is 8.79. The number of furan rings is 1. The van der Waals surface area contributed by atoms with Crippen molar-refractivity contribution in [2.75, 3.05) is 0 Å². The first-order valence-electron chi connectivity index (χ1n) is 14.3. The molecule has 0 unspecified atom stereocenters. The Hall–Kier alpha value is -3.90. The van der Waals surface area contributed by atoms with Gasteiger partial charge in [0.2, 0.25) is 0 Å². The third-order valence-corrected chi connectivity index (χ3v) is 9.51. The standard InChI is InChI=1S/C22H18N3O.C14H16NSi.Ir/c1-12(2)19-20-16(10-11-23-19)24-22(25-20)15-9-8-13(3)18-14-6-4-5-7-17(14)26-21(15)18;1-16(2,3)13-9-10-14(15-11-13)12-7-5-4-6-8-12;/h4-8,10-12H,1-3H3,(H,24,25);4-7,9-11H,1-3H3;/q2*-1;. The molecule has 5 nitrogen and oxygen atoms in total. The fourth-order valence-electron chi connectivity index (χ4n) is 5.17. The number of pyridine rings is 2. The molecule has 0 fully saturated rings. The number of benzene rings is 3. The van der Waals surface area contributed by atoms with Gasteiger partial charge in [0.15, 0.2) is 0 Å². The van der Waals surface area contributed by atoms with E-state index in [9.17, 15) is 0 Å². The molecular formula is C36H34IrN4OSi-2. The summed E-state index contributed by atoms with van der Waals surface area (Å²) in [5.41, 5.74) is 8.69. The number of fused-ring (bicyclic) bond motifs is 4. The zero-order valence-electron chi connectivity index (χ0n) is 25.2. The van der Waals surface area contributed by atoms with Crippen LogP contribution in [0.25, 0.3) is 55.6 Å². The number of H-pyrrole nitrogens is 1. The van der Waals surface area contributed by atoms with Gasteiger partial charge >= 0.3 is 0 Å². The van der Waals surface area contributed by atoms with Crippen LogP contribution in [-0.2, 0) is 20.1 Å². The molecule has 3 aromatic carbocycles. The zero-order chi connectivity index (χ0) is 29.4. The van der Waals surface area contributed by atoms with Crippen molar-refractivity contribution in [1.29, 1.82) is 0 Å². The molecule has 0 aliphatic carbocycles. The number of rotatable bonds is 4. The van der Waals surface area contributed by atoms with Crippen molar-refractivity contribution in [3.63, 3.8) is 0 Å². The largest absolute Gasteiger partial charge is 0.501 e. The molecule has 7 rings (SSSR count). The Bertz CT molecular complexity index is 2010. The van der Waals surface area contributed by atoms with E-state index in [1.54, 1.807) is 0 Å². The molecule has 219 valence electrons. The van der Waals surface area contributed by atoms with Crippen molar-refractivity contribution in [1.82, 2.24) is 19.9 Å². The van der Waals surface area contributed by atoms with E-state index in [4.69, 9.17) is 9.40 Å². The summed E-state index contributed by atoms with van der Waals surface area (Å²) in [5.74, 6) is 1.08. The van der Waals surface area contributed by atoms with Gasteiger partial charge < -0.3 is 14.4 Å². The summed E-state index contributed by atoms with van der Waals surface area (Å²) in [6, 6.07) is 30.9. The molecular weight excluding hydrogens is 725 g/mol. The molecule has 0 aliphatic heterocycles. The summed E-state index contributed by atoms with van der Waals surface area (Å²) in [5, 5.41) is 3.64. The molecule has 0 amide bonds. The van der Waals surface area contributed by atoms with Crippen LogP contribution in [0.5, 0.6) is 0 Å². The average Bonchev–Trinajstić information content (AvgIpc) is 3.60. The fourth-order valence-corrected chi connectivity index (χ4v) is 6.20. The zero-order valence-corrected chi connectivity index (χ0v) is 28.6. The van der Waals surface area contributed by atoms with Crippen LogP contribution < -0.4 is 5.19 Å². The van der Waals surface area contributed by atoms with Crippen LogP contribution in [0.3, 0.4) is 0 Å². The second-order valence-corrected chi connectivity index (χ2v) is 17.0. The maximum absolute atomic E-state index is 6.19. The molecule has 0 atom stereocenters. The number of aryl methyl sites for hydroxylation is 1. The number of nitrogens with zero attached hydrogens (tertiary/aromatic N) is 3. The molecule has 7 heteroatoms. The van der Waals surface area contributed by atoms with Crippen molar-refractivity contribution in [3.8, 4) is 22.6 Å². The Morgan fingerprint density at radius 3 is 2.40 bits per heavy atom. The molecule has 0 aliphatic rings. The number of hydrogen-bond donors (Lipinski definition) is 1. The number of aromatic nitrogens is 4. The molecule has 0 bridgehead atoms. The summed E-state index contributed by atoms with van der Waals surface area (Å²) < 4.78 is 6.19. The van der Waals surface area contributed by atoms with Gasteiger partial charge in [-0.1, -0.05) is 81.7 Å². The van der Waals surface area contributed by atoms with Gasteiger partial charge in [-0.05, 0) is 28.9 Å². The summed E-state index contributed by atoms with van der Waals surface area (Å²) in [4.78, 5) is 17.3. The van der Waals surface area contributed by atoms with Gasteiger partial charge in [-0.3, -0.25) is 9.97 Å². The molecule has 1 radical (unpaired) electrons. The maximum Gasteiger partial charge on any atom is 0.120 e. The molecule has 0 spiro atoms. The van der Waals surface area contributed by atoms with E-state index < -0.39 is 8.07 Å². The first kappa shape index (κ1) is 30.6. The van der Waals surface area contributed by atoms with Crippen LogP contribution in [0.4, 0.5) is 0 Å². The normalized spacial score (nSPS) is 11.5. The van der Waals surface area contributed by atoms with Crippen LogP contribution in [0.2, 0.25) is 19.6 Å². The molecule has 0 saturated carbocycles. The van der Waals surface area contributed by atoms with Gasteiger partial charge in [0.05, 0.1) is 36.2 Å². The number of imidazole rings is 1. The van der Waals surface area contributed by atoms with Gasteiger partial charge in [0.1, 0.15) is 5.58 Å². The fraction of sp³-hybridized carbons (Fsp3) is 0.194. The molecule has 7 aromatic rings. The monoisotopic (exact) mass is 759 g/mol. The van der Waals surface area contributed by atoms with E-state index in [0.29, 0.717) is 5.92 Å². The SMILES string of the molecule is C[Si](C)(C)c1ccc(-c2[c-]cccc2)nc1.Cc1c[c-]c(-c2nc3ccnc(C(C)C)c3[nH]2)c2oc3ccccc3c12.[Ir]. The number of para-hydroxylation sites is 1. The Labute approximate surface area is 267 Å². The van der Waals surface area contributed by atoms with E-state index in [1.165, 1.54) is 5.19 Å². The second kappa shape index (κ2) is 12.4. The Balaban J connectivity index is 0.000000188. The predicted molar refractivity (Wildman–Crippen MR) is 176 cm³/mol. The molecule has 4 heterocycles. The first-order chi connectivity index (χ1) is 20.2. The van der Waals surface area contributed by atoms with Crippen LogP contribution >= 0.6 is 0 Å². The number of hydrogen-bond acceptors (Lipinski definition) is 4. The average molecular weight is 759 g/mol. The van der Waals surface area contributed by atoms with E-state index in [2.05, 4.69) is 85.7 Å². The summed E-state index contributed by atoms with van der Waals surface area (Å²) in [6.45, 7) is 13.4. The van der Waals surface area contributed by atoms with Crippen molar-refractivity contribution in [2.24, 2.45) is 0 Å². The van der Waals surface area contributed by atoms with Gasteiger partial charge in [0, 0.05) is 37.9 Å². The van der Waals surface area contributed by atoms with Gasteiger partial charge in [0.25, 0.3) is 0 Å². The minimum Gasteiger partial charge on any atom is -0.501 e. The minimum atomic E-state index is -1.23. The Morgan fingerprint density at radius 2 is 1.70 bits per heavy atom. The third-order valence-electron chi connectivity index (χ3n) is 7.48. The third kappa shape index (κ3) is 6.11. The van der Waals surface area contributed by atoms with Crippen LogP contribution in [0.15, 0.2) is 89.6 Å². The Morgan fingerprint density at radius 1 is 0.907 bits per heavy atom. The smallest absolute Gasteiger partial charge is 0.120 e. The van der Waals surface area contributed by atoms with E-state index in [0.717, 1.165) is 66.9 Å². The predicted octanol–water partition coefficient (Wildman–Crippen LogP) is 8.85. The molecule has 43 heavy (non-hydrogen) atoms. The summed E-state index contributed by atoms with van der Waals surface area (Å²) in [7, 11) is -1.23. The van der Waals surface area contributed by atoms with Crippen molar-refractivity contribution < 1.29 is 24.5 Å². The molecule has 0 saturated heterocycles. The number of nitrogens with one attached hydrogen (secondary N) is 1. The van der Waals surface area contributed by atoms with Crippen LogP contribution in [0, 0.1) is 19.1 Å². The van der Waals surface area contributed by atoms with Crippen molar-refractivity contribution in [2.45, 2.75) is 46.3 Å². The number of aromatic amines is 1. The second-order valence-electron chi connectivity index (χ2n) is 11.9. The quantitative estimate of drug-likeness (QED) is 0.144.